The molecular formula is C11H13NO4S3. The molecule has 0 aliphatic heterocycles. The van der Waals surface area contributed by atoms with E-state index in [4.69, 9.17) is 11.5 Å². The van der Waals surface area contributed by atoms with Gasteiger partial charge in [-0.15, -0.1) is 29.5 Å². The lowest BCUT2D eigenvalue weighted by molar-refractivity contribution is 0.0698. The first-order valence-electron chi connectivity index (χ1n) is 5.22. The Morgan fingerprint density at radius 2 is 2.32 bits per heavy atom. The van der Waals surface area contributed by atoms with Gasteiger partial charge in [-0.2, -0.15) is 0 Å². The molecule has 0 saturated carbocycles. The number of aromatic carboxylic acids is 1. The molecule has 0 amide bonds. The van der Waals surface area contributed by atoms with E-state index in [1.54, 1.807) is 6.92 Å². The molecule has 1 aromatic rings. The van der Waals surface area contributed by atoms with Crippen molar-refractivity contribution in [1.29, 1.82) is 0 Å². The van der Waals surface area contributed by atoms with Crippen LogP contribution in [0.25, 0.3) is 0 Å². The van der Waals surface area contributed by atoms with Crippen LogP contribution in [0.3, 0.4) is 0 Å². The number of carbonyl (C=O) groups is 1. The van der Waals surface area contributed by atoms with Crippen LogP contribution < -0.4 is 4.72 Å². The standard InChI is InChI=1S/C11H13NO4S3/c1-3-5-17-6-4-12-19(15,16)10-8(2)7-18-9(10)11(13)14/h1,7,12H,4-6H2,2H3,(H,13,14). The lowest BCUT2D eigenvalue weighted by atomic mass is 10.3. The van der Waals surface area contributed by atoms with Gasteiger partial charge in [-0.1, -0.05) is 5.92 Å². The van der Waals surface area contributed by atoms with Crippen LogP contribution in [0.1, 0.15) is 15.2 Å². The normalized spacial score (nSPS) is 11.2. The molecule has 1 rings (SSSR count). The molecule has 0 aromatic carbocycles. The molecule has 0 unspecified atom stereocenters. The predicted molar refractivity (Wildman–Crippen MR) is 77.4 cm³/mol. The highest BCUT2D eigenvalue weighted by atomic mass is 32.2. The van der Waals surface area contributed by atoms with Gasteiger partial charge in [0.15, 0.2) is 0 Å². The van der Waals surface area contributed by atoms with E-state index in [0.29, 0.717) is 17.1 Å². The van der Waals surface area contributed by atoms with Crippen LogP contribution in [-0.2, 0) is 10.0 Å². The number of thioether (sulfide) groups is 1. The van der Waals surface area contributed by atoms with Crippen molar-refractivity contribution in [2.24, 2.45) is 0 Å². The van der Waals surface area contributed by atoms with Crippen LogP contribution in [0.15, 0.2) is 10.3 Å². The summed E-state index contributed by atoms with van der Waals surface area (Å²) in [5.41, 5.74) is 0.436. The van der Waals surface area contributed by atoms with E-state index in [1.807, 2.05) is 0 Å². The summed E-state index contributed by atoms with van der Waals surface area (Å²) in [6.07, 6.45) is 5.07. The summed E-state index contributed by atoms with van der Waals surface area (Å²) in [6.45, 7) is 1.79. The Hall–Kier alpha value is -1.01. The number of sulfonamides is 1. The fourth-order valence-corrected chi connectivity index (χ4v) is 4.66. The fourth-order valence-electron chi connectivity index (χ4n) is 1.37. The van der Waals surface area contributed by atoms with Gasteiger partial charge in [-0.05, 0) is 17.9 Å². The van der Waals surface area contributed by atoms with Gasteiger partial charge >= 0.3 is 5.97 Å². The number of terminal acetylenes is 1. The van der Waals surface area contributed by atoms with Crippen molar-refractivity contribution < 1.29 is 18.3 Å². The van der Waals surface area contributed by atoms with E-state index in [2.05, 4.69) is 10.6 Å². The molecule has 19 heavy (non-hydrogen) atoms. The molecule has 5 nitrogen and oxygen atoms in total. The number of aryl methyl sites for hydroxylation is 1. The maximum atomic E-state index is 12.1. The van der Waals surface area contributed by atoms with Gasteiger partial charge in [0.1, 0.15) is 9.77 Å². The number of nitrogens with one attached hydrogen (secondary N) is 1. The Labute approximate surface area is 120 Å². The predicted octanol–water partition coefficient (Wildman–Crippen LogP) is 1.40. The smallest absolute Gasteiger partial charge is 0.347 e. The maximum absolute atomic E-state index is 12.1. The van der Waals surface area contributed by atoms with Crippen molar-refractivity contribution in [1.82, 2.24) is 4.72 Å². The third-order valence-electron chi connectivity index (χ3n) is 2.10. The van der Waals surface area contributed by atoms with Gasteiger partial charge in [0.2, 0.25) is 10.0 Å². The fraction of sp³-hybridized carbons (Fsp3) is 0.364. The number of rotatable bonds is 7. The second kappa shape index (κ2) is 6.96. The van der Waals surface area contributed by atoms with Gasteiger partial charge < -0.3 is 5.11 Å². The second-order valence-electron chi connectivity index (χ2n) is 3.54. The molecule has 0 aliphatic rings. The summed E-state index contributed by atoms with van der Waals surface area (Å²) in [5, 5.41) is 10.5. The van der Waals surface area contributed by atoms with Crippen molar-refractivity contribution in [3.8, 4) is 12.3 Å². The Balaban J connectivity index is 2.81. The Morgan fingerprint density at radius 3 is 2.89 bits per heavy atom. The molecule has 1 aromatic heterocycles. The Morgan fingerprint density at radius 1 is 1.63 bits per heavy atom. The molecule has 1 heterocycles. The second-order valence-corrected chi connectivity index (χ2v) is 7.23. The number of hydrogen-bond donors (Lipinski definition) is 2. The number of carboxylic acids is 1. The molecule has 0 aliphatic carbocycles. The monoisotopic (exact) mass is 319 g/mol. The summed E-state index contributed by atoms with van der Waals surface area (Å²) < 4.78 is 26.5. The third kappa shape index (κ3) is 4.24. The highest BCUT2D eigenvalue weighted by molar-refractivity contribution is 7.99. The minimum absolute atomic E-state index is 0.146. The van der Waals surface area contributed by atoms with E-state index in [-0.39, 0.29) is 16.3 Å². The molecule has 0 fully saturated rings. The average Bonchev–Trinajstić information content (AvgIpc) is 2.71. The molecule has 8 heteroatoms. The van der Waals surface area contributed by atoms with E-state index in [9.17, 15) is 13.2 Å². The summed E-state index contributed by atoms with van der Waals surface area (Å²) in [6, 6.07) is 0. The average molecular weight is 319 g/mol. The van der Waals surface area contributed by atoms with Gasteiger partial charge in [0.05, 0.1) is 5.75 Å². The van der Waals surface area contributed by atoms with Crippen molar-refractivity contribution in [3.05, 3.63) is 15.8 Å². The molecule has 0 bridgehead atoms. The quantitative estimate of drug-likeness (QED) is 0.586. The Bertz CT molecular complexity index is 598. The van der Waals surface area contributed by atoms with Crippen molar-refractivity contribution in [2.45, 2.75) is 11.8 Å². The molecular weight excluding hydrogens is 306 g/mol. The first-order valence-corrected chi connectivity index (χ1v) is 8.74. The van der Waals surface area contributed by atoms with Crippen LogP contribution in [0, 0.1) is 19.3 Å². The zero-order valence-corrected chi connectivity index (χ0v) is 12.6. The van der Waals surface area contributed by atoms with Crippen LogP contribution in [0.2, 0.25) is 0 Å². The molecule has 104 valence electrons. The van der Waals surface area contributed by atoms with Gasteiger partial charge in [0, 0.05) is 12.3 Å². The van der Waals surface area contributed by atoms with Gasteiger partial charge in [-0.3, -0.25) is 0 Å². The van der Waals surface area contributed by atoms with Crippen molar-refractivity contribution in [3.63, 3.8) is 0 Å². The first-order chi connectivity index (χ1) is 8.90. The topological polar surface area (TPSA) is 83.5 Å². The lowest BCUT2D eigenvalue weighted by Gasteiger charge is -2.07. The van der Waals surface area contributed by atoms with Gasteiger partial charge in [-0.25, -0.2) is 17.9 Å². The number of hydrogen-bond acceptors (Lipinski definition) is 5. The Kier molecular flexibility index (Phi) is 5.87. The number of thiophene rings is 1. The summed E-state index contributed by atoms with van der Waals surface area (Å²) in [5.74, 6) is 2.25. The lowest BCUT2D eigenvalue weighted by Crippen LogP contribution is -2.27. The summed E-state index contributed by atoms with van der Waals surface area (Å²) in [7, 11) is -3.80. The third-order valence-corrected chi connectivity index (χ3v) is 5.83. The minimum atomic E-state index is -3.80. The van der Waals surface area contributed by atoms with E-state index >= 15 is 0 Å². The van der Waals surface area contributed by atoms with Gasteiger partial charge in [0.25, 0.3) is 0 Å². The molecule has 0 radical (unpaired) electrons. The minimum Gasteiger partial charge on any atom is -0.477 e. The zero-order valence-electron chi connectivity index (χ0n) is 10.2. The molecule has 0 spiro atoms. The molecule has 2 N–H and O–H groups in total. The van der Waals surface area contributed by atoms with Crippen LogP contribution in [0.5, 0.6) is 0 Å². The van der Waals surface area contributed by atoms with Crippen LogP contribution >= 0.6 is 23.1 Å². The van der Waals surface area contributed by atoms with Crippen LogP contribution in [0.4, 0.5) is 0 Å². The van der Waals surface area contributed by atoms with E-state index in [1.165, 1.54) is 17.1 Å². The maximum Gasteiger partial charge on any atom is 0.347 e. The highest BCUT2D eigenvalue weighted by Gasteiger charge is 2.26. The van der Waals surface area contributed by atoms with Crippen molar-refractivity contribution >= 4 is 39.1 Å². The SMILES string of the molecule is C#CCSCCNS(=O)(=O)c1c(C)csc1C(=O)O. The zero-order chi connectivity index (χ0) is 14.5. The molecule has 0 saturated heterocycles. The first kappa shape index (κ1) is 16.0. The largest absolute Gasteiger partial charge is 0.477 e. The van der Waals surface area contributed by atoms with E-state index < -0.39 is 16.0 Å². The summed E-state index contributed by atoms with van der Waals surface area (Å²) >= 11 is 2.34. The van der Waals surface area contributed by atoms with Crippen LogP contribution in [-0.4, -0.2) is 37.5 Å². The summed E-state index contributed by atoms with van der Waals surface area (Å²) in [4.78, 5) is 10.7. The van der Waals surface area contributed by atoms with E-state index in [0.717, 1.165) is 11.3 Å². The molecule has 0 atom stereocenters. The van der Waals surface area contributed by atoms with Crippen molar-refractivity contribution in [2.75, 3.05) is 18.1 Å². The highest BCUT2D eigenvalue weighted by Crippen LogP contribution is 2.26. The number of carboxylic acid groups (broad SMARTS) is 1.